The van der Waals surface area contributed by atoms with Crippen molar-refractivity contribution in [3.8, 4) is 5.75 Å². The molecule has 0 aliphatic heterocycles. The zero-order valence-corrected chi connectivity index (χ0v) is 20.0. The fraction of sp³-hybridized carbons (Fsp3) is 0.720. The number of benzene rings is 1. The highest BCUT2D eigenvalue weighted by Gasteiger charge is 2.27. The standard InChI is InChI=1S/C25H41ClN2O2/c1-4-5-8-19-27(2)20-9-6-7-10-21-11-15-23(16-12-21)28(3)25(29)30-24-17-13-22(26)14-18-24/h13-14,17-18,21,23H,4-12,15-16,19-20H2,1-3H3. The SMILES string of the molecule is CCCCCN(C)CCCCCC1CCC(N(C)C(=O)Oc2ccc(Cl)cc2)CC1. The summed E-state index contributed by atoms with van der Waals surface area (Å²) in [5, 5.41) is 0.639. The fourth-order valence-electron chi connectivity index (χ4n) is 4.38. The van der Waals surface area contributed by atoms with Crippen LogP contribution in [0.4, 0.5) is 4.79 Å². The third-order valence-electron chi connectivity index (χ3n) is 6.47. The summed E-state index contributed by atoms with van der Waals surface area (Å²) >= 11 is 5.88. The maximum absolute atomic E-state index is 12.4. The average molecular weight is 437 g/mol. The molecule has 0 aromatic heterocycles. The highest BCUT2D eigenvalue weighted by molar-refractivity contribution is 6.30. The molecule has 0 N–H and O–H groups in total. The lowest BCUT2D eigenvalue weighted by molar-refractivity contribution is 0.123. The molecule has 1 saturated carbocycles. The molecule has 0 bridgehead atoms. The Kier molecular flexibility index (Phi) is 11.6. The van der Waals surface area contributed by atoms with Crippen molar-refractivity contribution in [2.24, 2.45) is 5.92 Å². The van der Waals surface area contributed by atoms with E-state index in [1.54, 1.807) is 29.2 Å². The van der Waals surface area contributed by atoms with Crippen LogP contribution in [0.25, 0.3) is 0 Å². The lowest BCUT2D eigenvalue weighted by Gasteiger charge is -2.34. The van der Waals surface area contributed by atoms with Crippen molar-refractivity contribution in [2.45, 2.75) is 83.6 Å². The van der Waals surface area contributed by atoms with E-state index in [1.807, 2.05) is 7.05 Å². The van der Waals surface area contributed by atoms with E-state index in [0.717, 1.165) is 18.8 Å². The Morgan fingerprint density at radius 1 is 0.967 bits per heavy atom. The molecule has 30 heavy (non-hydrogen) atoms. The molecule has 1 fully saturated rings. The number of hydrogen-bond acceptors (Lipinski definition) is 3. The largest absolute Gasteiger partial charge is 0.415 e. The minimum atomic E-state index is -0.274. The number of nitrogens with zero attached hydrogens (tertiary/aromatic N) is 2. The number of amides is 1. The van der Waals surface area contributed by atoms with E-state index in [2.05, 4.69) is 18.9 Å². The van der Waals surface area contributed by atoms with Crippen molar-refractivity contribution >= 4 is 17.7 Å². The molecule has 1 aliphatic carbocycles. The molecule has 170 valence electrons. The van der Waals surface area contributed by atoms with Crippen LogP contribution in [0.3, 0.4) is 0 Å². The van der Waals surface area contributed by atoms with Gasteiger partial charge < -0.3 is 14.5 Å². The highest BCUT2D eigenvalue weighted by atomic mass is 35.5. The molecular formula is C25H41ClN2O2. The number of rotatable bonds is 12. The molecule has 1 aliphatic rings. The number of carbonyl (C=O) groups is 1. The second-order valence-corrected chi connectivity index (χ2v) is 9.40. The molecule has 0 atom stereocenters. The van der Waals surface area contributed by atoms with Crippen molar-refractivity contribution < 1.29 is 9.53 Å². The van der Waals surface area contributed by atoms with E-state index in [1.165, 1.54) is 70.9 Å². The van der Waals surface area contributed by atoms with Gasteiger partial charge in [-0.2, -0.15) is 0 Å². The number of unbranched alkanes of at least 4 members (excludes halogenated alkanes) is 4. The van der Waals surface area contributed by atoms with Crippen LogP contribution in [-0.2, 0) is 0 Å². The van der Waals surface area contributed by atoms with Crippen molar-refractivity contribution in [1.82, 2.24) is 9.80 Å². The Morgan fingerprint density at radius 3 is 2.23 bits per heavy atom. The molecule has 2 rings (SSSR count). The van der Waals surface area contributed by atoms with Crippen molar-refractivity contribution in [3.05, 3.63) is 29.3 Å². The topological polar surface area (TPSA) is 32.8 Å². The van der Waals surface area contributed by atoms with E-state index in [9.17, 15) is 4.79 Å². The van der Waals surface area contributed by atoms with Gasteiger partial charge in [0.1, 0.15) is 5.75 Å². The van der Waals surface area contributed by atoms with Crippen LogP contribution in [-0.4, -0.2) is 49.1 Å². The number of carbonyl (C=O) groups excluding carboxylic acids is 1. The second-order valence-electron chi connectivity index (χ2n) is 8.97. The third kappa shape index (κ3) is 9.26. The molecule has 0 spiro atoms. The molecule has 0 radical (unpaired) electrons. The first-order chi connectivity index (χ1) is 14.5. The number of ether oxygens (including phenoxy) is 1. The van der Waals surface area contributed by atoms with Gasteiger partial charge in [-0.3, -0.25) is 0 Å². The Hall–Kier alpha value is -1.26. The Balaban J connectivity index is 1.57. The molecule has 1 amide bonds. The predicted octanol–water partition coefficient (Wildman–Crippen LogP) is 7.01. The van der Waals surface area contributed by atoms with Crippen LogP contribution in [0.15, 0.2) is 24.3 Å². The van der Waals surface area contributed by atoms with Crippen LogP contribution in [0.1, 0.15) is 77.6 Å². The van der Waals surface area contributed by atoms with Crippen LogP contribution < -0.4 is 4.74 Å². The van der Waals surface area contributed by atoms with E-state index in [0.29, 0.717) is 10.8 Å². The van der Waals surface area contributed by atoms with Gasteiger partial charge in [0.15, 0.2) is 0 Å². The summed E-state index contributed by atoms with van der Waals surface area (Å²) in [6, 6.07) is 7.22. The van der Waals surface area contributed by atoms with Gasteiger partial charge in [0.05, 0.1) is 0 Å². The van der Waals surface area contributed by atoms with Gasteiger partial charge in [0.25, 0.3) is 0 Å². The maximum Gasteiger partial charge on any atom is 0.415 e. The first-order valence-corrected chi connectivity index (χ1v) is 12.3. The molecule has 0 unspecified atom stereocenters. The summed E-state index contributed by atoms with van der Waals surface area (Å²) in [6.07, 6.45) is 13.6. The van der Waals surface area contributed by atoms with Crippen molar-refractivity contribution in [1.29, 1.82) is 0 Å². The van der Waals surface area contributed by atoms with Crippen molar-refractivity contribution in [2.75, 3.05) is 27.2 Å². The Morgan fingerprint density at radius 2 is 1.60 bits per heavy atom. The minimum absolute atomic E-state index is 0.274. The highest BCUT2D eigenvalue weighted by Crippen LogP contribution is 2.31. The monoisotopic (exact) mass is 436 g/mol. The van der Waals surface area contributed by atoms with Crippen molar-refractivity contribution in [3.63, 3.8) is 0 Å². The zero-order chi connectivity index (χ0) is 21.8. The van der Waals surface area contributed by atoms with E-state index >= 15 is 0 Å². The van der Waals surface area contributed by atoms with Gasteiger partial charge in [-0.15, -0.1) is 0 Å². The van der Waals surface area contributed by atoms with Gasteiger partial charge in [-0.25, -0.2) is 4.79 Å². The van der Waals surface area contributed by atoms with Gasteiger partial charge in [-0.1, -0.05) is 50.6 Å². The second kappa shape index (κ2) is 13.9. The van der Waals surface area contributed by atoms with E-state index < -0.39 is 0 Å². The first-order valence-electron chi connectivity index (χ1n) is 11.9. The lowest BCUT2D eigenvalue weighted by atomic mass is 9.82. The molecule has 5 heteroatoms. The van der Waals surface area contributed by atoms with E-state index in [-0.39, 0.29) is 12.1 Å². The zero-order valence-electron chi connectivity index (χ0n) is 19.2. The first kappa shape index (κ1) is 25.0. The smallest absolute Gasteiger partial charge is 0.410 e. The summed E-state index contributed by atoms with van der Waals surface area (Å²) in [5.74, 6) is 1.37. The number of hydrogen-bond donors (Lipinski definition) is 0. The molecule has 0 saturated heterocycles. The number of halogens is 1. The van der Waals surface area contributed by atoms with Gasteiger partial charge in [0, 0.05) is 18.1 Å². The third-order valence-corrected chi connectivity index (χ3v) is 6.72. The van der Waals surface area contributed by atoms with E-state index in [4.69, 9.17) is 16.3 Å². The van der Waals surface area contributed by atoms with Crippen LogP contribution in [0, 0.1) is 5.92 Å². The maximum atomic E-state index is 12.4. The summed E-state index contributed by atoms with van der Waals surface area (Å²) in [5.41, 5.74) is 0. The average Bonchev–Trinajstić information content (AvgIpc) is 2.75. The summed E-state index contributed by atoms with van der Waals surface area (Å²) < 4.78 is 5.48. The van der Waals surface area contributed by atoms with Crippen LogP contribution in [0.2, 0.25) is 5.02 Å². The van der Waals surface area contributed by atoms with Crippen LogP contribution in [0.5, 0.6) is 5.75 Å². The van der Waals surface area contributed by atoms with Crippen LogP contribution >= 0.6 is 11.6 Å². The fourth-order valence-corrected chi connectivity index (χ4v) is 4.51. The van der Waals surface area contributed by atoms with Gasteiger partial charge in [-0.05, 0) is 88.8 Å². The molecular weight excluding hydrogens is 396 g/mol. The molecule has 4 nitrogen and oxygen atoms in total. The Bertz CT molecular complexity index is 600. The summed E-state index contributed by atoms with van der Waals surface area (Å²) in [7, 11) is 4.12. The van der Waals surface area contributed by atoms with Gasteiger partial charge in [0.2, 0.25) is 0 Å². The quantitative estimate of drug-likeness (QED) is 0.330. The molecule has 0 heterocycles. The minimum Gasteiger partial charge on any atom is -0.410 e. The summed E-state index contributed by atoms with van der Waals surface area (Å²) in [6.45, 7) is 4.74. The lowest BCUT2D eigenvalue weighted by Crippen LogP contribution is -2.41. The Labute approximate surface area is 188 Å². The summed E-state index contributed by atoms with van der Waals surface area (Å²) in [4.78, 5) is 16.7. The predicted molar refractivity (Wildman–Crippen MR) is 126 cm³/mol. The van der Waals surface area contributed by atoms with Gasteiger partial charge >= 0.3 is 6.09 Å². The normalized spacial score (nSPS) is 19.1. The molecule has 1 aromatic carbocycles. The molecule has 1 aromatic rings.